The Hall–Kier alpha value is -2.02. The Bertz CT molecular complexity index is 609. The zero-order valence-electron chi connectivity index (χ0n) is 12.7. The number of aromatic nitrogens is 2. The summed E-state index contributed by atoms with van der Waals surface area (Å²) in [5.74, 6) is 1.42. The number of aliphatic imine (C=N–C) groups is 1. The second kappa shape index (κ2) is 8.43. The van der Waals surface area contributed by atoms with Crippen molar-refractivity contribution in [2.45, 2.75) is 11.4 Å². The fourth-order valence-electron chi connectivity index (χ4n) is 1.84. The number of hydrogen-bond donors (Lipinski definition) is 2. The van der Waals surface area contributed by atoms with Gasteiger partial charge in [0, 0.05) is 37.5 Å². The van der Waals surface area contributed by atoms with E-state index >= 15 is 0 Å². The van der Waals surface area contributed by atoms with E-state index in [1.54, 1.807) is 37.1 Å². The lowest BCUT2D eigenvalue weighted by atomic mass is 10.4. The third kappa shape index (κ3) is 5.07. The summed E-state index contributed by atoms with van der Waals surface area (Å²) < 4.78 is 14.6. The van der Waals surface area contributed by atoms with Crippen LogP contribution in [0.4, 0.5) is 4.39 Å². The topological polar surface area (TPSA) is 54.2 Å². The molecule has 2 aromatic rings. The molecule has 2 N–H and O–H groups in total. The van der Waals surface area contributed by atoms with Crippen LogP contribution in [0.5, 0.6) is 0 Å². The molecule has 0 saturated carbocycles. The van der Waals surface area contributed by atoms with E-state index in [0.717, 1.165) is 28.8 Å². The molecule has 2 rings (SSSR count). The molecule has 0 fully saturated rings. The summed E-state index contributed by atoms with van der Waals surface area (Å²) in [4.78, 5) is 5.24. The van der Waals surface area contributed by atoms with E-state index in [9.17, 15) is 4.39 Å². The molecule has 118 valence electrons. The first kappa shape index (κ1) is 16.4. The van der Waals surface area contributed by atoms with Crippen LogP contribution in [-0.2, 0) is 13.6 Å². The molecular formula is C15H20FN5S. The van der Waals surface area contributed by atoms with Gasteiger partial charge in [0.05, 0.1) is 12.2 Å². The van der Waals surface area contributed by atoms with Gasteiger partial charge in [0.25, 0.3) is 0 Å². The summed E-state index contributed by atoms with van der Waals surface area (Å²) in [6.07, 6.45) is 1.77. The first-order chi connectivity index (χ1) is 10.7. The second-order valence-electron chi connectivity index (χ2n) is 4.60. The molecule has 1 aromatic heterocycles. The summed E-state index contributed by atoms with van der Waals surface area (Å²) in [5, 5.41) is 10.6. The molecule has 7 heteroatoms. The molecule has 5 nitrogen and oxygen atoms in total. The van der Waals surface area contributed by atoms with Crippen molar-refractivity contribution >= 4 is 17.7 Å². The number of thioether (sulfide) groups is 1. The van der Waals surface area contributed by atoms with Crippen LogP contribution in [0, 0.1) is 5.82 Å². The highest BCUT2D eigenvalue weighted by atomic mass is 32.2. The lowest BCUT2D eigenvalue weighted by Gasteiger charge is -2.11. The van der Waals surface area contributed by atoms with Gasteiger partial charge in [-0.15, -0.1) is 11.8 Å². The largest absolute Gasteiger partial charge is 0.356 e. The predicted octanol–water partition coefficient (Wildman–Crippen LogP) is 2.02. The number of benzene rings is 1. The predicted molar refractivity (Wildman–Crippen MR) is 88.5 cm³/mol. The monoisotopic (exact) mass is 321 g/mol. The Balaban J connectivity index is 1.68. The van der Waals surface area contributed by atoms with Crippen LogP contribution in [0.3, 0.4) is 0 Å². The number of rotatable bonds is 6. The molecule has 0 unspecified atom stereocenters. The molecule has 0 aliphatic carbocycles. The minimum absolute atomic E-state index is 0.206. The van der Waals surface area contributed by atoms with E-state index in [4.69, 9.17) is 0 Å². The fourth-order valence-corrected chi connectivity index (χ4v) is 2.61. The van der Waals surface area contributed by atoms with Crippen molar-refractivity contribution in [3.63, 3.8) is 0 Å². The average molecular weight is 321 g/mol. The summed E-state index contributed by atoms with van der Waals surface area (Å²) in [5.41, 5.74) is 1.09. The van der Waals surface area contributed by atoms with Gasteiger partial charge >= 0.3 is 0 Å². The maximum Gasteiger partial charge on any atom is 0.191 e. The molecule has 1 heterocycles. The van der Waals surface area contributed by atoms with Gasteiger partial charge in [0.1, 0.15) is 5.82 Å². The third-order valence-electron chi connectivity index (χ3n) is 3.06. The molecule has 0 amide bonds. The second-order valence-corrected chi connectivity index (χ2v) is 5.77. The molecule has 0 aliphatic rings. The summed E-state index contributed by atoms with van der Waals surface area (Å²) in [6, 6.07) is 8.49. The van der Waals surface area contributed by atoms with Crippen molar-refractivity contribution in [1.82, 2.24) is 20.4 Å². The lowest BCUT2D eigenvalue weighted by Crippen LogP contribution is -2.38. The van der Waals surface area contributed by atoms with Crippen LogP contribution >= 0.6 is 11.8 Å². The van der Waals surface area contributed by atoms with Crippen molar-refractivity contribution in [3.05, 3.63) is 48.0 Å². The van der Waals surface area contributed by atoms with Crippen LogP contribution in [0.2, 0.25) is 0 Å². The number of halogens is 1. The molecule has 22 heavy (non-hydrogen) atoms. The van der Waals surface area contributed by atoms with Gasteiger partial charge in [-0.3, -0.25) is 9.67 Å². The SMILES string of the molecule is CN=C(NCCSc1ccc(F)cc1)NCc1ccnn1C. The number of aryl methyl sites for hydroxylation is 1. The highest BCUT2D eigenvalue weighted by molar-refractivity contribution is 7.99. The van der Waals surface area contributed by atoms with E-state index in [0.29, 0.717) is 6.54 Å². The van der Waals surface area contributed by atoms with Gasteiger partial charge < -0.3 is 10.6 Å². The van der Waals surface area contributed by atoms with Gasteiger partial charge in [-0.1, -0.05) is 0 Å². The zero-order valence-corrected chi connectivity index (χ0v) is 13.5. The van der Waals surface area contributed by atoms with Gasteiger partial charge in [-0.05, 0) is 30.3 Å². The number of guanidine groups is 1. The van der Waals surface area contributed by atoms with Crippen LogP contribution in [0.25, 0.3) is 0 Å². The van der Waals surface area contributed by atoms with Crippen molar-refractivity contribution in [2.75, 3.05) is 19.3 Å². The highest BCUT2D eigenvalue weighted by Crippen LogP contribution is 2.17. The van der Waals surface area contributed by atoms with E-state index in [2.05, 4.69) is 20.7 Å². The molecule has 0 spiro atoms. The molecule has 0 bridgehead atoms. The van der Waals surface area contributed by atoms with Crippen molar-refractivity contribution in [1.29, 1.82) is 0 Å². The number of hydrogen-bond acceptors (Lipinski definition) is 3. The van der Waals surface area contributed by atoms with Gasteiger partial charge in [-0.2, -0.15) is 5.10 Å². The van der Waals surface area contributed by atoms with E-state index in [-0.39, 0.29) is 5.82 Å². The normalized spacial score (nSPS) is 11.5. The molecule has 0 aliphatic heterocycles. The highest BCUT2D eigenvalue weighted by Gasteiger charge is 2.01. The zero-order chi connectivity index (χ0) is 15.8. The van der Waals surface area contributed by atoms with Crippen molar-refractivity contribution in [3.8, 4) is 0 Å². The Morgan fingerprint density at radius 2 is 2.05 bits per heavy atom. The van der Waals surface area contributed by atoms with Gasteiger partial charge in [-0.25, -0.2) is 4.39 Å². The van der Waals surface area contributed by atoms with Gasteiger partial charge in [0.2, 0.25) is 0 Å². The Morgan fingerprint density at radius 3 is 2.68 bits per heavy atom. The molecular weight excluding hydrogens is 301 g/mol. The Kier molecular flexibility index (Phi) is 6.27. The summed E-state index contributed by atoms with van der Waals surface area (Å²) in [6.45, 7) is 1.44. The standard InChI is InChI=1S/C15H20FN5S/c1-17-15(19-11-13-7-8-20-21(13)2)18-9-10-22-14-5-3-12(16)4-6-14/h3-8H,9-11H2,1-2H3,(H2,17,18,19). The van der Waals surface area contributed by atoms with Crippen LogP contribution in [0.15, 0.2) is 46.4 Å². The number of nitrogens with zero attached hydrogens (tertiary/aromatic N) is 3. The summed E-state index contributed by atoms with van der Waals surface area (Å²) in [7, 11) is 3.65. The van der Waals surface area contributed by atoms with E-state index in [1.807, 2.05) is 17.8 Å². The Morgan fingerprint density at radius 1 is 1.27 bits per heavy atom. The van der Waals surface area contributed by atoms with E-state index in [1.165, 1.54) is 12.1 Å². The molecule has 0 radical (unpaired) electrons. The molecule has 0 atom stereocenters. The van der Waals surface area contributed by atoms with Crippen molar-refractivity contribution < 1.29 is 4.39 Å². The molecule has 0 saturated heterocycles. The third-order valence-corrected chi connectivity index (χ3v) is 4.07. The van der Waals surface area contributed by atoms with Crippen LogP contribution < -0.4 is 10.6 Å². The van der Waals surface area contributed by atoms with Gasteiger partial charge in [0.15, 0.2) is 5.96 Å². The van der Waals surface area contributed by atoms with Crippen LogP contribution in [-0.4, -0.2) is 35.1 Å². The smallest absolute Gasteiger partial charge is 0.191 e. The van der Waals surface area contributed by atoms with Crippen molar-refractivity contribution in [2.24, 2.45) is 12.0 Å². The number of nitrogens with one attached hydrogen (secondary N) is 2. The Labute approximate surface area is 134 Å². The minimum Gasteiger partial charge on any atom is -0.356 e. The summed E-state index contributed by atoms with van der Waals surface area (Å²) >= 11 is 1.67. The fraction of sp³-hybridized carbons (Fsp3) is 0.333. The maximum atomic E-state index is 12.8. The quantitative estimate of drug-likeness (QED) is 0.370. The first-order valence-corrected chi connectivity index (χ1v) is 7.97. The lowest BCUT2D eigenvalue weighted by molar-refractivity contribution is 0.626. The average Bonchev–Trinajstić information content (AvgIpc) is 2.93. The maximum absolute atomic E-state index is 12.8. The molecule has 1 aromatic carbocycles. The van der Waals surface area contributed by atoms with E-state index < -0.39 is 0 Å². The van der Waals surface area contributed by atoms with Crippen LogP contribution in [0.1, 0.15) is 5.69 Å². The minimum atomic E-state index is -0.206. The first-order valence-electron chi connectivity index (χ1n) is 6.99.